The molecule has 0 saturated carbocycles. The Morgan fingerprint density at radius 1 is 1.25 bits per heavy atom. The maximum Gasteiger partial charge on any atom is 0.261 e. The van der Waals surface area contributed by atoms with E-state index < -0.39 is 0 Å². The lowest BCUT2D eigenvalue weighted by molar-refractivity contribution is 0.263. The van der Waals surface area contributed by atoms with Gasteiger partial charge in [0.2, 0.25) is 0 Å². The van der Waals surface area contributed by atoms with Gasteiger partial charge in [0.25, 0.3) is 5.56 Å². The number of aliphatic hydroxyl groups excluding tert-OH is 1. The Morgan fingerprint density at radius 3 is 2.78 bits per heavy atom. The van der Waals surface area contributed by atoms with Crippen LogP contribution in [0.15, 0.2) is 64.5 Å². The van der Waals surface area contributed by atoms with Gasteiger partial charge < -0.3 is 15.1 Å². The van der Waals surface area contributed by atoms with Crippen molar-refractivity contribution < 1.29 is 5.11 Å². The van der Waals surface area contributed by atoms with E-state index in [4.69, 9.17) is 0 Å². The SMILES string of the molecule is CCc1cc(C#N)cc2[nH]c(-c3c(N=CC(CO)Cc4ccccc4)cc[nH]c3=O)nc12. The van der Waals surface area contributed by atoms with Crippen molar-refractivity contribution in [3.8, 4) is 17.5 Å². The highest BCUT2D eigenvalue weighted by molar-refractivity contribution is 5.86. The van der Waals surface area contributed by atoms with Crippen LogP contribution in [0.3, 0.4) is 0 Å². The Hall–Kier alpha value is -4.02. The first-order valence-electron chi connectivity index (χ1n) is 10.5. The average Bonchev–Trinajstić information content (AvgIpc) is 3.25. The number of nitrogens with one attached hydrogen (secondary N) is 2. The lowest BCUT2D eigenvalue weighted by atomic mass is 10.0. The minimum atomic E-state index is -0.319. The van der Waals surface area contributed by atoms with E-state index >= 15 is 0 Å². The normalized spacial score (nSPS) is 12.3. The van der Waals surface area contributed by atoms with Crippen molar-refractivity contribution in [2.75, 3.05) is 6.61 Å². The largest absolute Gasteiger partial charge is 0.396 e. The molecular weight excluding hydrogens is 402 g/mol. The zero-order valence-corrected chi connectivity index (χ0v) is 17.7. The fourth-order valence-electron chi connectivity index (χ4n) is 3.71. The standard InChI is InChI=1S/C25H23N5O2/c1-2-19-11-17(13-26)12-21-23(19)30-24(29-21)22-20(8-9-27-25(22)32)28-14-18(15-31)10-16-6-4-3-5-7-16/h3-9,11-12,14,18,31H,2,10,15H2,1H3,(H,27,32)(H,29,30). The summed E-state index contributed by atoms with van der Waals surface area (Å²) in [7, 11) is 0. The van der Waals surface area contributed by atoms with Gasteiger partial charge in [-0.3, -0.25) is 9.79 Å². The Labute approximate surface area is 185 Å². The van der Waals surface area contributed by atoms with Crippen molar-refractivity contribution in [1.29, 1.82) is 5.26 Å². The van der Waals surface area contributed by atoms with Crippen LogP contribution in [-0.2, 0) is 12.8 Å². The average molecular weight is 425 g/mol. The third-order valence-electron chi connectivity index (χ3n) is 5.35. The van der Waals surface area contributed by atoms with Gasteiger partial charge >= 0.3 is 0 Å². The molecule has 1 unspecified atom stereocenters. The molecule has 0 bridgehead atoms. The molecule has 7 heteroatoms. The molecule has 0 aliphatic heterocycles. The van der Waals surface area contributed by atoms with E-state index in [1.807, 2.05) is 43.3 Å². The lowest BCUT2D eigenvalue weighted by Gasteiger charge is -2.09. The molecule has 0 aliphatic carbocycles. The quantitative estimate of drug-likeness (QED) is 0.389. The number of pyridine rings is 1. The summed E-state index contributed by atoms with van der Waals surface area (Å²) in [5.41, 5.74) is 4.46. The first kappa shape index (κ1) is 21.2. The Morgan fingerprint density at radius 2 is 2.06 bits per heavy atom. The Kier molecular flexibility index (Phi) is 6.24. The molecule has 0 aliphatic rings. The minimum absolute atomic E-state index is 0.0572. The van der Waals surface area contributed by atoms with E-state index in [-0.39, 0.29) is 18.1 Å². The molecule has 0 amide bonds. The molecule has 32 heavy (non-hydrogen) atoms. The summed E-state index contributed by atoms with van der Waals surface area (Å²) in [5, 5.41) is 19.1. The second kappa shape index (κ2) is 9.41. The summed E-state index contributed by atoms with van der Waals surface area (Å²) in [6, 6.07) is 17.3. The third kappa shape index (κ3) is 4.36. The van der Waals surface area contributed by atoms with Gasteiger partial charge in [-0.25, -0.2) is 4.98 Å². The highest BCUT2D eigenvalue weighted by Gasteiger charge is 2.16. The molecule has 160 valence electrons. The summed E-state index contributed by atoms with van der Waals surface area (Å²) in [6.45, 7) is 1.94. The Balaban J connectivity index is 1.73. The van der Waals surface area contributed by atoms with Gasteiger partial charge in [0.05, 0.1) is 35.0 Å². The molecule has 7 nitrogen and oxygen atoms in total. The van der Waals surface area contributed by atoms with Gasteiger partial charge in [0.15, 0.2) is 0 Å². The summed E-state index contributed by atoms with van der Waals surface area (Å²) >= 11 is 0. The summed E-state index contributed by atoms with van der Waals surface area (Å²) < 4.78 is 0. The number of aromatic amines is 2. The van der Waals surface area contributed by atoms with Gasteiger partial charge in [0.1, 0.15) is 11.4 Å². The molecule has 2 aromatic heterocycles. The number of hydrogen-bond acceptors (Lipinski definition) is 5. The fraction of sp³-hybridized carbons (Fsp3) is 0.200. The maximum atomic E-state index is 12.7. The van der Waals surface area contributed by atoms with Gasteiger partial charge in [0, 0.05) is 18.3 Å². The molecule has 4 rings (SSSR count). The van der Waals surface area contributed by atoms with Gasteiger partial charge in [-0.05, 0) is 42.2 Å². The van der Waals surface area contributed by atoms with E-state index in [2.05, 4.69) is 26.0 Å². The number of nitriles is 1. The molecule has 4 aromatic rings. The van der Waals surface area contributed by atoms with Crippen LogP contribution >= 0.6 is 0 Å². The van der Waals surface area contributed by atoms with E-state index in [9.17, 15) is 15.2 Å². The highest BCUT2D eigenvalue weighted by atomic mass is 16.3. The molecular formula is C25H23N5O2. The molecule has 3 N–H and O–H groups in total. The predicted octanol–water partition coefficient (Wildman–Crippen LogP) is 3.91. The maximum absolute atomic E-state index is 12.7. The summed E-state index contributed by atoms with van der Waals surface area (Å²) in [6.07, 6.45) is 4.57. The summed E-state index contributed by atoms with van der Waals surface area (Å²) in [4.78, 5) is 27.8. The minimum Gasteiger partial charge on any atom is -0.396 e. The number of fused-ring (bicyclic) bond motifs is 1. The number of aryl methyl sites for hydroxylation is 1. The van der Waals surface area contributed by atoms with Crippen LogP contribution in [0.2, 0.25) is 0 Å². The van der Waals surface area contributed by atoms with Gasteiger partial charge in [-0.2, -0.15) is 5.26 Å². The van der Waals surface area contributed by atoms with E-state index in [0.717, 1.165) is 16.6 Å². The Bertz CT molecular complexity index is 1360. The predicted molar refractivity (Wildman–Crippen MR) is 125 cm³/mol. The third-order valence-corrected chi connectivity index (χ3v) is 5.35. The number of H-pyrrole nitrogens is 2. The second-order valence-corrected chi connectivity index (χ2v) is 7.56. The number of hydrogen-bond donors (Lipinski definition) is 3. The fourth-order valence-corrected chi connectivity index (χ4v) is 3.71. The first-order valence-corrected chi connectivity index (χ1v) is 10.5. The van der Waals surface area contributed by atoms with Crippen molar-refractivity contribution in [3.63, 3.8) is 0 Å². The zero-order valence-electron chi connectivity index (χ0n) is 17.7. The van der Waals surface area contributed by atoms with Crippen molar-refractivity contribution in [2.45, 2.75) is 19.8 Å². The van der Waals surface area contributed by atoms with Crippen LogP contribution in [0, 0.1) is 17.2 Å². The molecule has 0 radical (unpaired) electrons. The van der Waals surface area contributed by atoms with Crippen molar-refractivity contribution in [1.82, 2.24) is 15.0 Å². The summed E-state index contributed by atoms with van der Waals surface area (Å²) in [5.74, 6) is 0.201. The highest BCUT2D eigenvalue weighted by Crippen LogP contribution is 2.28. The first-order chi connectivity index (χ1) is 15.6. The van der Waals surface area contributed by atoms with Gasteiger partial charge in [-0.1, -0.05) is 37.3 Å². The van der Waals surface area contributed by atoms with Crippen LogP contribution in [0.4, 0.5) is 5.69 Å². The topological polar surface area (TPSA) is 118 Å². The lowest BCUT2D eigenvalue weighted by Crippen LogP contribution is -2.12. The van der Waals surface area contributed by atoms with Crippen LogP contribution in [-0.4, -0.2) is 32.9 Å². The molecule has 0 spiro atoms. The second-order valence-electron chi connectivity index (χ2n) is 7.56. The number of nitrogens with zero attached hydrogens (tertiary/aromatic N) is 3. The molecule has 0 saturated heterocycles. The number of benzene rings is 2. The van der Waals surface area contributed by atoms with Crippen LogP contribution in [0.25, 0.3) is 22.4 Å². The number of rotatable bonds is 7. The number of aromatic nitrogens is 3. The van der Waals surface area contributed by atoms with Crippen LogP contribution in [0.5, 0.6) is 0 Å². The van der Waals surface area contributed by atoms with Crippen molar-refractivity contribution in [3.05, 3.63) is 81.8 Å². The smallest absolute Gasteiger partial charge is 0.261 e. The van der Waals surface area contributed by atoms with E-state index in [0.29, 0.717) is 41.0 Å². The van der Waals surface area contributed by atoms with Crippen LogP contribution in [0.1, 0.15) is 23.6 Å². The van der Waals surface area contributed by atoms with Gasteiger partial charge in [-0.15, -0.1) is 0 Å². The zero-order chi connectivity index (χ0) is 22.5. The van der Waals surface area contributed by atoms with E-state index in [1.54, 1.807) is 18.3 Å². The van der Waals surface area contributed by atoms with Crippen molar-refractivity contribution in [2.24, 2.45) is 10.9 Å². The molecule has 2 heterocycles. The number of imidazole rings is 1. The molecule has 1 atom stereocenters. The molecule has 2 aromatic carbocycles. The molecule has 0 fully saturated rings. The van der Waals surface area contributed by atoms with Crippen molar-refractivity contribution >= 4 is 22.9 Å². The van der Waals surface area contributed by atoms with E-state index in [1.165, 1.54) is 6.20 Å². The number of aliphatic hydroxyl groups is 1. The number of aliphatic imine (C=N–C) groups is 1. The monoisotopic (exact) mass is 425 g/mol. The van der Waals surface area contributed by atoms with Crippen LogP contribution < -0.4 is 5.56 Å².